The minimum atomic E-state index is -0.578. The predicted octanol–water partition coefficient (Wildman–Crippen LogP) is 2.60. The molecule has 1 aromatic carbocycles. The van der Waals surface area contributed by atoms with Crippen LogP contribution in [0.25, 0.3) is 0 Å². The molecule has 8 heteroatoms. The van der Waals surface area contributed by atoms with Gasteiger partial charge in [0.05, 0.1) is 0 Å². The Labute approximate surface area is 207 Å². The zero-order chi connectivity index (χ0) is 24.2. The quantitative estimate of drug-likeness (QED) is 0.641. The molecule has 3 saturated heterocycles. The van der Waals surface area contributed by atoms with Crippen LogP contribution < -0.4 is 15.4 Å². The van der Waals surface area contributed by atoms with Crippen molar-refractivity contribution in [3.8, 4) is 5.75 Å². The predicted molar refractivity (Wildman–Crippen MR) is 132 cm³/mol. The number of amides is 3. The van der Waals surface area contributed by atoms with E-state index in [4.69, 9.17) is 4.74 Å². The van der Waals surface area contributed by atoms with Crippen LogP contribution in [0.5, 0.6) is 5.75 Å². The van der Waals surface area contributed by atoms with Gasteiger partial charge in [-0.2, -0.15) is 0 Å². The molecule has 8 nitrogen and oxygen atoms in total. The largest absolute Gasteiger partial charge is 0.489 e. The Morgan fingerprint density at radius 2 is 1.69 bits per heavy atom. The molecule has 3 atom stereocenters. The second kappa shape index (κ2) is 11.1. The molecular formula is C27H38N4O4. The van der Waals surface area contributed by atoms with Crippen molar-refractivity contribution in [1.82, 2.24) is 20.4 Å². The van der Waals surface area contributed by atoms with Crippen LogP contribution in [0.1, 0.15) is 80.1 Å². The minimum Gasteiger partial charge on any atom is -0.489 e. The number of benzene rings is 1. The number of nitrogens with zero attached hydrogens (tertiary/aromatic N) is 2. The van der Waals surface area contributed by atoms with E-state index in [0.717, 1.165) is 17.7 Å². The summed E-state index contributed by atoms with van der Waals surface area (Å²) >= 11 is 0. The molecule has 1 aliphatic carbocycles. The Hall–Kier alpha value is -2.45. The summed E-state index contributed by atoms with van der Waals surface area (Å²) in [5.74, 6) is 0.0186. The number of piperidine rings is 2. The van der Waals surface area contributed by atoms with E-state index in [1.54, 1.807) is 4.90 Å². The van der Waals surface area contributed by atoms with E-state index < -0.39 is 6.04 Å². The van der Waals surface area contributed by atoms with Gasteiger partial charge in [-0.15, -0.1) is 0 Å². The number of hydrogen-bond donors (Lipinski definition) is 2. The molecule has 35 heavy (non-hydrogen) atoms. The lowest BCUT2D eigenvalue weighted by Gasteiger charge is -2.44. The highest BCUT2D eigenvalue weighted by Gasteiger charge is 2.39. The lowest BCUT2D eigenvalue weighted by atomic mass is 9.89. The molecule has 0 aromatic heterocycles. The van der Waals surface area contributed by atoms with Gasteiger partial charge in [-0.1, -0.05) is 12.8 Å². The van der Waals surface area contributed by atoms with Gasteiger partial charge in [-0.3, -0.25) is 24.6 Å². The third-order valence-electron chi connectivity index (χ3n) is 8.02. The molecular weight excluding hydrogens is 444 g/mol. The molecule has 4 heterocycles. The SMILES string of the molecule is C1CCNCC1.O=C1CCC(N2Cc3cc(OC4CCCCC4N4CCC4)ccc3C2=O)C(=O)N1. The Balaban J connectivity index is 0.000000371. The van der Waals surface area contributed by atoms with Gasteiger partial charge < -0.3 is 15.0 Å². The first-order chi connectivity index (χ1) is 17.1. The van der Waals surface area contributed by atoms with E-state index in [1.807, 2.05) is 18.2 Å². The van der Waals surface area contributed by atoms with Gasteiger partial charge in [0, 0.05) is 24.6 Å². The van der Waals surface area contributed by atoms with Gasteiger partial charge in [0.2, 0.25) is 11.8 Å². The van der Waals surface area contributed by atoms with Crippen molar-refractivity contribution in [1.29, 1.82) is 0 Å². The van der Waals surface area contributed by atoms with Crippen LogP contribution in [-0.2, 0) is 16.1 Å². The van der Waals surface area contributed by atoms with Crippen LogP contribution >= 0.6 is 0 Å². The third-order valence-corrected chi connectivity index (χ3v) is 8.02. The van der Waals surface area contributed by atoms with Crippen molar-refractivity contribution in [2.45, 2.75) is 88.9 Å². The number of carbonyl (C=O) groups excluding carboxylic acids is 3. The molecule has 0 radical (unpaired) electrons. The summed E-state index contributed by atoms with van der Waals surface area (Å²) in [4.78, 5) is 40.6. The fraction of sp³-hybridized carbons (Fsp3) is 0.667. The van der Waals surface area contributed by atoms with Gasteiger partial charge in [0.15, 0.2) is 0 Å². The van der Waals surface area contributed by atoms with Crippen LogP contribution in [-0.4, -0.2) is 71.9 Å². The lowest BCUT2D eigenvalue weighted by molar-refractivity contribution is -0.136. The van der Waals surface area contributed by atoms with Gasteiger partial charge in [0.1, 0.15) is 17.9 Å². The maximum absolute atomic E-state index is 12.8. The zero-order valence-electron chi connectivity index (χ0n) is 20.6. The number of hydrogen-bond acceptors (Lipinski definition) is 6. The highest BCUT2D eigenvalue weighted by Crippen LogP contribution is 2.33. The standard InChI is InChI=1S/C22H27N3O4.C5H11N/c26-20-9-8-18(21(27)23-20)25-13-14-12-15(6-7-16(14)22(25)28)29-19-5-2-1-4-17(19)24-10-3-11-24;1-2-4-6-5-3-1/h6-7,12,17-19H,1-5,8-11,13H2,(H,23,26,27);6H,1-5H2. The number of imide groups is 1. The molecule has 190 valence electrons. The number of likely N-dealkylation sites (tertiary alicyclic amines) is 1. The molecule has 3 amide bonds. The monoisotopic (exact) mass is 482 g/mol. The number of rotatable bonds is 4. The van der Waals surface area contributed by atoms with Crippen LogP contribution in [0.4, 0.5) is 0 Å². The molecule has 2 N–H and O–H groups in total. The summed E-state index contributed by atoms with van der Waals surface area (Å²) in [6, 6.07) is 5.58. The number of carbonyl (C=O) groups is 3. The average molecular weight is 483 g/mol. The summed E-state index contributed by atoms with van der Waals surface area (Å²) in [6.45, 7) is 5.23. The van der Waals surface area contributed by atoms with Crippen molar-refractivity contribution >= 4 is 17.7 Å². The summed E-state index contributed by atoms with van der Waals surface area (Å²) < 4.78 is 6.41. The summed E-state index contributed by atoms with van der Waals surface area (Å²) in [7, 11) is 0. The molecule has 0 bridgehead atoms. The fourth-order valence-electron chi connectivity index (χ4n) is 5.91. The first kappa shape index (κ1) is 24.3. The third kappa shape index (κ3) is 5.54. The van der Waals surface area contributed by atoms with Gasteiger partial charge in [0.25, 0.3) is 5.91 Å². The van der Waals surface area contributed by atoms with Crippen molar-refractivity contribution in [3.63, 3.8) is 0 Å². The summed E-state index contributed by atoms with van der Waals surface area (Å²) in [5, 5.41) is 5.63. The summed E-state index contributed by atoms with van der Waals surface area (Å²) in [6.07, 6.45) is 11.1. The zero-order valence-corrected chi connectivity index (χ0v) is 20.6. The van der Waals surface area contributed by atoms with Gasteiger partial charge in [-0.25, -0.2) is 0 Å². The molecule has 5 aliphatic rings. The van der Waals surface area contributed by atoms with E-state index >= 15 is 0 Å². The lowest BCUT2D eigenvalue weighted by Crippen LogP contribution is -2.53. The van der Waals surface area contributed by atoms with Crippen LogP contribution in [0.3, 0.4) is 0 Å². The van der Waals surface area contributed by atoms with Gasteiger partial charge >= 0.3 is 0 Å². The molecule has 6 rings (SSSR count). The van der Waals surface area contributed by atoms with E-state index in [2.05, 4.69) is 15.5 Å². The molecule has 3 unspecified atom stereocenters. The van der Waals surface area contributed by atoms with E-state index in [9.17, 15) is 14.4 Å². The first-order valence-electron chi connectivity index (χ1n) is 13.5. The Morgan fingerprint density at radius 1 is 0.886 bits per heavy atom. The van der Waals surface area contributed by atoms with E-state index in [0.29, 0.717) is 24.6 Å². The first-order valence-corrected chi connectivity index (χ1v) is 13.5. The van der Waals surface area contributed by atoms with Crippen molar-refractivity contribution in [2.75, 3.05) is 26.2 Å². The number of nitrogens with one attached hydrogen (secondary N) is 2. The smallest absolute Gasteiger partial charge is 0.255 e. The highest BCUT2D eigenvalue weighted by atomic mass is 16.5. The molecule has 1 aromatic rings. The topological polar surface area (TPSA) is 91.0 Å². The molecule has 4 fully saturated rings. The minimum absolute atomic E-state index is 0.142. The summed E-state index contributed by atoms with van der Waals surface area (Å²) in [5.41, 5.74) is 1.53. The van der Waals surface area contributed by atoms with E-state index in [-0.39, 0.29) is 30.2 Å². The second-order valence-corrected chi connectivity index (χ2v) is 10.4. The van der Waals surface area contributed by atoms with Crippen LogP contribution in [0.2, 0.25) is 0 Å². The average Bonchev–Trinajstić information content (AvgIpc) is 3.16. The highest BCUT2D eigenvalue weighted by molar-refractivity contribution is 6.05. The van der Waals surface area contributed by atoms with E-state index in [1.165, 1.54) is 71.1 Å². The number of ether oxygens (including phenoxy) is 1. The normalized spacial score (nSPS) is 29.0. The molecule has 0 spiro atoms. The van der Waals surface area contributed by atoms with Crippen molar-refractivity contribution in [2.24, 2.45) is 0 Å². The fourth-order valence-corrected chi connectivity index (χ4v) is 5.91. The molecule has 4 aliphatic heterocycles. The van der Waals surface area contributed by atoms with Gasteiger partial charge in [-0.05, 0) is 94.9 Å². The van der Waals surface area contributed by atoms with Crippen molar-refractivity contribution in [3.05, 3.63) is 29.3 Å². The Bertz CT molecular complexity index is 932. The molecule has 1 saturated carbocycles. The Morgan fingerprint density at radius 3 is 2.34 bits per heavy atom. The second-order valence-electron chi connectivity index (χ2n) is 10.4. The Kier molecular flexibility index (Phi) is 7.68. The van der Waals surface area contributed by atoms with Crippen LogP contribution in [0.15, 0.2) is 18.2 Å². The maximum atomic E-state index is 12.8. The number of fused-ring (bicyclic) bond motifs is 1. The van der Waals surface area contributed by atoms with Crippen molar-refractivity contribution < 1.29 is 19.1 Å². The maximum Gasteiger partial charge on any atom is 0.255 e. The van der Waals surface area contributed by atoms with Crippen LogP contribution in [0, 0.1) is 0 Å².